The van der Waals surface area contributed by atoms with E-state index in [0.29, 0.717) is 28.2 Å². The Morgan fingerprint density at radius 2 is 2.03 bits per heavy atom. The zero-order chi connectivity index (χ0) is 21.5. The lowest BCUT2D eigenvalue weighted by atomic mass is 10.0. The lowest BCUT2D eigenvalue weighted by Crippen LogP contribution is -2.42. The fourth-order valence-electron chi connectivity index (χ4n) is 4.38. The quantitative estimate of drug-likeness (QED) is 0.421. The highest BCUT2D eigenvalue weighted by Crippen LogP contribution is 2.35. The number of benzene rings is 1. The number of anilines is 3. The van der Waals surface area contributed by atoms with Crippen molar-refractivity contribution in [1.82, 2.24) is 24.9 Å². The maximum absolute atomic E-state index is 14.4. The molecule has 0 atom stereocenters. The number of fused-ring (bicyclic) bond motifs is 2. The van der Waals surface area contributed by atoms with Gasteiger partial charge in [0.15, 0.2) is 17.3 Å². The molecule has 1 aliphatic heterocycles. The topological polar surface area (TPSA) is 73.3 Å². The van der Waals surface area contributed by atoms with Crippen LogP contribution in [0, 0.1) is 12.7 Å². The van der Waals surface area contributed by atoms with Crippen LogP contribution in [-0.2, 0) is 0 Å². The van der Waals surface area contributed by atoms with E-state index in [4.69, 9.17) is 11.6 Å². The van der Waals surface area contributed by atoms with Gasteiger partial charge in [0.25, 0.3) is 0 Å². The number of aromatic amines is 1. The van der Waals surface area contributed by atoms with E-state index in [1.165, 1.54) is 6.07 Å². The third-order valence-electron chi connectivity index (χ3n) is 5.84. The molecule has 4 aromatic rings. The van der Waals surface area contributed by atoms with E-state index < -0.39 is 5.82 Å². The zero-order valence-corrected chi connectivity index (χ0v) is 18.3. The Bertz CT molecular complexity index is 1240. The molecule has 3 N–H and O–H groups in total. The summed E-state index contributed by atoms with van der Waals surface area (Å²) in [5.41, 5.74) is 3.56. The molecule has 0 radical (unpaired) electrons. The van der Waals surface area contributed by atoms with Crippen molar-refractivity contribution in [3.05, 3.63) is 47.1 Å². The van der Waals surface area contributed by atoms with E-state index in [1.807, 2.05) is 13.0 Å². The molecule has 1 aromatic carbocycles. The Morgan fingerprint density at radius 1 is 1.23 bits per heavy atom. The molecular formula is C22H25ClFN7. The molecule has 7 nitrogen and oxygen atoms in total. The van der Waals surface area contributed by atoms with E-state index in [1.54, 1.807) is 16.8 Å². The molecule has 0 bridgehead atoms. The third-order valence-corrected chi connectivity index (χ3v) is 6.14. The molecule has 9 heteroatoms. The number of aryl methyl sites for hydroxylation is 1. The van der Waals surface area contributed by atoms with Gasteiger partial charge >= 0.3 is 0 Å². The van der Waals surface area contributed by atoms with Crippen LogP contribution in [0.15, 0.2) is 30.6 Å². The molecule has 0 unspecified atom stereocenters. The molecule has 0 spiro atoms. The highest BCUT2D eigenvalue weighted by molar-refractivity contribution is 6.36. The first-order valence-corrected chi connectivity index (χ1v) is 11.0. The first-order chi connectivity index (χ1) is 15.0. The summed E-state index contributed by atoms with van der Waals surface area (Å²) in [6, 6.07) is 6.07. The standard InChI is InChI=1S/C22H25ClFN7/c1-3-25-14-4-6-30(7-5-14)16-9-17(23)20-19(10-16)28-29-21(20)27-15-8-18(24)22-26-13(2)11-31(22)12-15/h8-12,14,25H,3-7H2,1-2H3,(H2,27,28,29). The summed E-state index contributed by atoms with van der Waals surface area (Å²) in [4.78, 5) is 6.55. The van der Waals surface area contributed by atoms with Crippen molar-refractivity contribution in [1.29, 1.82) is 0 Å². The first-order valence-electron chi connectivity index (χ1n) is 10.6. The van der Waals surface area contributed by atoms with Gasteiger partial charge in [0, 0.05) is 43.3 Å². The van der Waals surface area contributed by atoms with Crippen LogP contribution in [0.1, 0.15) is 25.5 Å². The number of H-pyrrole nitrogens is 1. The molecule has 3 aromatic heterocycles. The van der Waals surface area contributed by atoms with E-state index >= 15 is 0 Å². The van der Waals surface area contributed by atoms with Crippen LogP contribution >= 0.6 is 11.6 Å². The Balaban J connectivity index is 1.41. The van der Waals surface area contributed by atoms with Crippen molar-refractivity contribution in [2.45, 2.75) is 32.7 Å². The van der Waals surface area contributed by atoms with Crippen LogP contribution in [0.25, 0.3) is 16.6 Å². The molecule has 31 heavy (non-hydrogen) atoms. The molecule has 1 saturated heterocycles. The highest BCUT2D eigenvalue weighted by Gasteiger charge is 2.21. The second-order valence-corrected chi connectivity index (χ2v) is 8.46. The van der Waals surface area contributed by atoms with Gasteiger partial charge in [0.1, 0.15) is 0 Å². The predicted molar refractivity (Wildman–Crippen MR) is 123 cm³/mol. The van der Waals surface area contributed by atoms with Gasteiger partial charge in [-0.15, -0.1) is 0 Å². The maximum atomic E-state index is 14.4. The highest BCUT2D eigenvalue weighted by atomic mass is 35.5. The Labute approximate surface area is 184 Å². The molecule has 1 fully saturated rings. The van der Waals surface area contributed by atoms with E-state index in [2.05, 4.69) is 43.7 Å². The molecule has 4 heterocycles. The minimum absolute atomic E-state index is 0.301. The Morgan fingerprint density at radius 3 is 2.81 bits per heavy atom. The third kappa shape index (κ3) is 3.81. The van der Waals surface area contributed by atoms with Gasteiger partial charge in [-0.3, -0.25) is 5.10 Å². The number of piperidine rings is 1. The van der Waals surface area contributed by atoms with Crippen molar-refractivity contribution in [3.8, 4) is 0 Å². The largest absolute Gasteiger partial charge is 0.371 e. The number of rotatable bonds is 5. The number of pyridine rings is 1. The lowest BCUT2D eigenvalue weighted by Gasteiger charge is -2.34. The van der Waals surface area contributed by atoms with Crippen LogP contribution in [0.2, 0.25) is 5.02 Å². The van der Waals surface area contributed by atoms with Crippen molar-refractivity contribution >= 4 is 45.3 Å². The zero-order valence-electron chi connectivity index (χ0n) is 17.5. The molecular weight excluding hydrogens is 417 g/mol. The van der Waals surface area contributed by atoms with Gasteiger partial charge in [-0.1, -0.05) is 18.5 Å². The van der Waals surface area contributed by atoms with Gasteiger partial charge in [-0.25, -0.2) is 9.37 Å². The minimum Gasteiger partial charge on any atom is -0.371 e. The van der Waals surface area contributed by atoms with E-state index in [-0.39, 0.29) is 0 Å². The summed E-state index contributed by atoms with van der Waals surface area (Å²) in [5, 5.41) is 15.6. The fourth-order valence-corrected chi connectivity index (χ4v) is 4.68. The van der Waals surface area contributed by atoms with E-state index in [9.17, 15) is 4.39 Å². The number of halogens is 2. The predicted octanol–water partition coefficient (Wildman–Crippen LogP) is 4.63. The van der Waals surface area contributed by atoms with Gasteiger partial charge in [0.05, 0.1) is 27.3 Å². The number of aromatic nitrogens is 4. The smallest absolute Gasteiger partial charge is 0.173 e. The average molecular weight is 442 g/mol. The van der Waals surface area contributed by atoms with Crippen LogP contribution in [-0.4, -0.2) is 45.3 Å². The van der Waals surface area contributed by atoms with Crippen molar-refractivity contribution in [3.63, 3.8) is 0 Å². The maximum Gasteiger partial charge on any atom is 0.173 e. The second kappa shape index (κ2) is 8.01. The Kier molecular flexibility index (Phi) is 5.19. The number of imidazole rings is 1. The first kappa shape index (κ1) is 20.1. The van der Waals surface area contributed by atoms with Gasteiger partial charge in [-0.2, -0.15) is 5.10 Å². The number of nitrogens with one attached hydrogen (secondary N) is 3. The molecule has 0 amide bonds. The molecule has 0 aliphatic carbocycles. The summed E-state index contributed by atoms with van der Waals surface area (Å²) in [6.07, 6.45) is 5.79. The fraction of sp³-hybridized carbons (Fsp3) is 0.364. The number of hydrogen-bond donors (Lipinski definition) is 3. The van der Waals surface area contributed by atoms with Crippen LogP contribution in [0.4, 0.5) is 21.6 Å². The van der Waals surface area contributed by atoms with E-state index in [0.717, 1.165) is 54.8 Å². The summed E-state index contributed by atoms with van der Waals surface area (Å²) in [7, 11) is 0. The SMILES string of the molecule is CCNC1CCN(c2cc(Cl)c3c(Nc4cc(F)c5nc(C)cn5c4)n[nH]c3c2)CC1. The molecule has 5 rings (SSSR count). The van der Waals surface area contributed by atoms with Gasteiger partial charge < -0.3 is 19.9 Å². The van der Waals surface area contributed by atoms with Crippen molar-refractivity contribution in [2.24, 2.45) is 0 Å². The van der Waals surface area contributed by atoms with Crippen LogP contribution in [0.3, 0.4) is 0 Å². The van der Waals surface area contributed by atoms with Crippen molar-refractivity contribution < 1.29 is 4.39 Å². The molecule has 162 valence electrons. The lowest BCUT2D eigenvalue weighted by molar-refractivity contribution is 0.424. The Hall–Kier alpha value is -2.84. The number of hydrogen-bond acceptors (Lipinski definition) is 5. The second-order valence-electron chi connectivity index (χ2n) is 8.06. The van der Waals surface area contributed by atoms with Gasteiger partial charge in [-0.05, 0) is 38.4 Å². The van der Waals surface area contributed by atoms with Gasteiger partial charge in [0.2, 0.25) is 0 Å². The summed E-state index contributed by atoms with van der Waals surface area (Å²) >= 11 is 6.67. The van der Waals surface area contributed by atoms with Crippen LogP contribution in [0.5, 0.6) is 0 Å². The molecule has 1 aliphatic rings. The summed E-state index contributed by atoms with van der Waals surface area (Å²) in [5.74, 6) is 0.167. The minimum atomic E-state index is -0.396. The average Bonchev–Trinajstić information content (AvgIpc) is 3.32. The summed E-state index contributed by atoms with van der Waals surface area (Å²) < 4.78 is 16.1. The van der Waals surface area contributed by atoms with Crippen molar-refractivity contribution in [2.75, 3.05) is 29.9 Å². The monoisotopic (exact) mass is 441 g/mol. The normalized spacial score (nSPS) is 15.3. The summed E-state index contributed by atoms with van der Waals surface area (Å²) in [6.45, 7) is 6.96. The number of nitrogens with zero attached hydrogens (tertiary/aromatic N) is 4. The molecule has 0 saturated carbocycles. The van der Waals surface area contributed by atoms with Crippen LogP contribution < -0.4 is 15.5 Å².